The molecule has 214 valence electrons. The van der Waals surface area contributed by atoms with E-state index < -0.39 is 6.04 Å². The van der Waals surface area contributed by atoms with Gasteiger partial charge in [-0.05, 0) is 79.3 Å². The van der Waals surface area contributed by atoms with Gasteiger partial charge in [-0.2, -0.15) is 0 Å². The summed E-state index contributed by atoms with van der Waals surface area (Å²) in [4.78, 5) is 35.0. The second kappa shape index (κ2) is 13.8. The first-order chi connectivity index (χ1) is 19.9. The number of carbonyl (C=O) groups excluding carboxylic acids is 2. The van der Waals surface area contributed by atoms with E-state index in [2.05, 4.69) is 39.4 Å². The van der Waals surface area contributed by atoms with E-state index in [4.69, 9.17) is 35.4 Å². The minimum atomic E-state index is -0.687. The normalized spacial score (nSPS) is 18.2. The SMILES string of the molecule is O=C(C[C@H]1C(=O)N(c2ccc(Cl)cc2)C(=S)N1CCCN1CCN(Cc2ccccc2)CC1)Nc1ccc(Cl)cc1. The lowest BCUT2D eigenvalue weighted by atomic mass is 10.1. The van der Waals surface area contributed by atoms with Crippen LogP contribution in [-0.4, -0.2) is 76.9 Å². The van der Waals surface area contributed by atoms with Crippen LogP contribution in [0.5, 0.6) is 0 Å². The van der Waals surface area contributed by atoms with Gasteiger partial charge in [0.25, 0.3) is 5.91 Å². The first-order valence-corrected chi connectivity index (χ1v) is 15.0. The molecule has 5 rings (SSSR count). The smallest absolute Gasteiger partial charge is 0.256 e. The highest BCUT2D eigenvalue weighted by molar-refractivity contribution is 7.80. The second-order valence-corrected chi connectivity index (χ2v) is 11.6. The van der Waals surface area contributed by atoms with Gasteiger partial charge < -0.3 is 15.1 Å². The minimum absolute atomic E-state index is 0.0101. The lowest BCUT2D eigenvalue weighted by Crippen LogP contribution is -2.47. The fourth-order valence-corrected chi connectivity index (χ4v) is 5.98. The predicted molar refractivity (Wildman–Crippen MR) is 170 cm³/mol. The third-order valence-corrected chi connectivity index (χ3v) is 8.42. The van der Waals surface area contributed by atoms with E-state index in [1.807, 2.05) is 11.0 Å². The molecule has 2 saturated heterocycles. The van der Waals surface area contributed by atoms with Crippen molar-refractivity contribution in [2.24, 2.45) is 0 Å². The molecule has 0 aromatic heterocycles. The van der Waals surface area contributed by atoms with Crippen LogP contribution in [0.25, 0.3) is 0 Å². The summed E-state index contributed by atoms with van der Waals surface area (Å²) < 4.78 is 0. The van der Waals surface area contributed by atoms with Crippen LogP contribution >= 0.6 is 35.4 Å². The molecule has 10 heteroatoms. The summed E-state index contributed by atoms with van der Waals surface area (Å²) >= 11 is 17.9. The molecule has 3 aromatic carbocycles. The Balaban J connectivity index is 1.20. The maximum Gasteiger partial charge on any atom is 0.256 e. The van der Waals surface area contributed by atoms with Crippen LogP contribution in [0.1, 0.15) is 18.4 Å². The van der Waals surface area contributed by atoms with Crippen LogP contribution in [0.15, 0.2) is 78.9 Å². The number of hydrogen-bond donors (Lipinski definition) is 1. The lowest BCUT2D eigenvalue weighted by molar-refractivity contribution is -0.124. The number of anilines is 2. The maximum atomic E-state index is 13.6. The molecule has 2 aliphatic rings. The Labute approximate surface area is 256 Å². The predicted octanol–water partition coefficient (Wildman–Crippen LogP) is 5.53. The van der Waals surface area contributed by atoms with E-state index in [1.165, 1.54) is 10.5 Å². The van der Waals surface area contributed by atoms with Gasteiger partial charge in [-0.3, -0.25) is 19.4 Å². The third kappa shape index (κ3) is 7.64. The quantitative estimate of drug-likeness (QED) is 0.305. The molecule has 0 spiro atoms. The van der Waals surface area contributed by atoms with Crippen LogP contribution in [-0.2, 0) is 16.1 Å². The van der Waals surface area contributed by atoms with Crippen molar-refractivity contribution in [2.75, 3.05) is 49.5 Å². The van der Waals surface area contributed by atoms with Crippen LogP contribution < -0.4 is 10.2 Å². The van der Waals surface area contributed by atoms with Gasteiger partial charge in [-0.25, -0.2) is 0 Å². The van der Waals surface area contributed by atoms with Crippen molar-refractivity contribution in [3.05, 3.63) is 94.5 Å². The highest BCUT2D eigenvalue weighted by atomic mass is 35.5. The maximum absolute atomic E-state index is 13.6. The molecule has 0 radical (unpaired) electrons. The molecule has 1 N–H and O–H groups in total. The standard InChI is InChI=1S/C31H33Cl2N5O2S/c32-24-7-11-26(12-8-24)34-29(39)21-28-30(40)38(27-13-9-25(33)10-14-27)31(41)37(28)16-4-15-35-17-19-36(20-18-35)22-23-5-2-1-3-6-23/h1-3,5-14,28H,4,15-22H2,(H,34,39)/t28-/m0/s1. The van der Waals surface area contributed by atoms with E-state index in [0.29, 0.717) is 33.1 Å². The van der Waals surface area contributed by atoms with E-state index >= 15 is 0 Å². The Morgan fingerprint density at radius 1 is 0.829 bits per heavy atom. The summed E-state index contributed by atoms with van der Waals surface area (Å²) in [6.45, 7) is 6.49. The fraction of sp³-hybridized carbons (Fsp3) is 0.323. The van der Waals surface area contributed by atoms with Gasteiger partial charge in [0, 0.05) is 55.0 Å². The second-order valence-electron chi connectivity index (χ2n) is 10.4. The van der Waals surface area contributed by atoms with E-state index in [0.717, 1.165) is 45.7 Å². The monoisotopic (exact) mass is 609 g/mol. The Morgan fingerprint density at radius 2 is 1.44 bits per heavy atom. The first kappa shape index (κ1) is 29.5. The van der Waals surface area contributed by atoms with Gasteiger partial charge in [0.1, 0.15) is 6.04 Å². The molecule has 0 aliphatic carbocycles. The minimum Gasteiger partial charge on any atom is -0.336 e. The summed E-state index contributed by atoms with van der Waals surface area (Å²) in [5, 5.41) is 4.45. The Hall–Kier alpha value is -3.01. The van der Waals surface area contributed by atoms with Gasteiger partial charge >= 0.3 is 0 Å². The van der Waals surface area contributed by atoms with Gasteiger partial charge in [0.2, 0.25) is 5.91 Å². The number of hydrogen-bond acceptors (Lipinski definition) is 5. The van der Waals surface area contributed by atoms with Crippen molar-refractivity contribution >= 4 is 63.7 Å². The summed E-state index contributed by atoms with van der Waals surface area (Å²) in [7, 11) is 0. The molecular formula is C31H33Cl2N5O2S. The topological polar surface area (TPSA) is 59.1 Å². The Kier molecular flexibility index (Phi) is 9.90. The molecule has 0 saturated carbocycles. The number of halogens is 2. The average Bonchev–Trinajstić information content (AvgIpc) is 3.20. The molecule has 0 bridgehead atoms. The Bertz CT molecular complexity index is 1350. The first-order valence-electron chi connectivity index (χ1n) is 13.8. The number of nitrogens with one attached hydrogen (secondary N) is 1. The zero-order valence-corrected chi connectivity index (χ0v) is 25.0. The van der Waals surface area contributed by atoms with Crippen molar-refractivity contribution in [1.29, 1.82) is 0 Å². The lowest BCUT2D eigenvalue weighted by Gasteiger charge is -2.35. The molecule has 3 aromatic rings. The van der Waals surface area contributed by atoms with E-state index in [9.17, 15) is 9.59 Å². The molecule has 7 nitrogen and oxygen atoms in total. The number of benzene rings is 3. The van der Waals surface area contributed by atoms with Crippen molar-refractivity contribution in [2.45, 2.75) is 25.4 Å². The molecular weight excluding hydrogens is 577 g/mol. The summed E-state index contributed by atoms with van der Waals surface area (Å²) in [5.41, 5.74) is 2.61. The number of rotatable bonds is 10. The molecule has 0 unspecified atom stereocenters. The number of thiocarbonyl (C=S) groups is 1. The summed E-state index contributed by atoms with van der Waals surface area (Å²) in [6.07, 6.45) is 0.819. The van der Waals surface area contributed by atoms with Crippen LogP contribution in [0.2, 0.25) is 10.0 Å². The molecule has 41 heavy (non-hydrogen) atoms. The van der Waals surface area contributed by atoms with Crippen molar-refractivity contribution in [3.8, 4) is 0 Å². The molecule has 2 amide bonds. The number of piperazine rings is 1. The zero-order chi connectivity index (χ0) is 28.8. The zero-order valence-electron chi connectivity index (χ0n) is 22.7. The van der Waals surface area contributed by atoms with Crippen LogP contribution in [0.3, 0.4) is 0 Å². The number of nitrogens with zero attached hydrogens (tertiary/aromatic N) is 4. The van der Waals surface area contributed by atoms with Crippen molar-refractivity contribution in [1.82, 2.24) is 14.7 Å². The fourth-order valence-electron chi connectivity index (χ4n) is 5.31. The van der Waals surface area contributed by atoms with Crippen LogP contribution in [0, 0.1) is 0 Å². The van der Waals surface area contributed by atoms with E-state index in [-0.39, 0.29) is 18.2 Å². The van der Waals surface area contributed by atoms with Gasteiger partial charge in [0.15, 0.2) is 5.11 Å². The van der Waals surface area contributed by atoms with E-state index in [1.54, 1.807) is 48.5 Å². The van der Waals surface area contributed by atoms with Crippen molar-refractivity contribution < 1.29 is 9.59 Å². The molecule has 2 heterocycles. The largest absolute Gasteiger partial charge is 0.336 e. The summed E-state index contributed by atoms with van der Waals surface area (Å²) in [5.74, 6) is -0.468. The van der Waals surface area contributed by atoms with Crippen LogP contribution in [0.4, 0.5) is 11.4 Å². The molecule has 2 aliphatic heterocycles. The summed E-state index contributed by atoms with van der Waals surface area (Å²) in [6, 6.07) is 23.8. The third-order valence-electron chi connectivity index (χ3n) is 7.50. The molecule has 1 atom stereocenters. The van der Waals surface area contributed by atoms with Crippen molar-refractivity contribution in [3.63, 3.8) is 0 Å². The van der Waals surface area contributed by atoms with Gasteiger partial charge in [-0.15, -0.1) is 0 Å². The van der Waals surface area contributed by atoms with Gasteiger partial charge in [-0.1, -0.05) is 53.5 Å². The number of carbonyl (C=O) groups is 2. The molecule has 2 fully saturated rings. The Morgan fingerprint density at radius 3 is 2.10 bits per heavy atom. The highest BCUT2D eigenvalue weighted by Gasteiger charge is 2.43. The number of amides is 2. The highest BCUT2D eigenvalue weighted by Crippen LogP contribution is 2.29. The average molecular weight is 611 g/mol. The van der Waals surface area contributed by atoms with Gasteiger partial charge in [0.05, 0.1) is 12.1 Å².